The highest BCUT2D eigenvalue weighted by Gasteiger charge is 2.17. The van der Waals surface area contributed by atoms with Gasteiger partial charge in [0.2, 0.25) is 0 Å². The zero-order valence-corrected chi connectivity index (χ0v) is 9.87. The molecule has 0 saturated heterocycles. The minimum atomic E-state index is -0.324. The van der Waals surface area contributed by atoms with Gasteiger partial charge >= 0.3 is 5.69 Å². The summed E-state index contributed by atoms with van der Waals surface area (Å²) in [5.41, 5.74) is 3.28. The summed E-state index contributed by atoms with van der Waals surface area (Å²) < 4.78 is 12.9. The Kier molecular flexibility index (Phi) is 2.70. The van der Waals surface area contributed by atoms with Crippen molar-refractivity contribution in [3.63, 3.8) is 0 Å². The Morgan fingerprint density at radius 1 is 1.11 bits per heavy atom. The van der Waals surface area contributed by atoms with Crippen LogP contribution in [0.1, 0.15) is 24.1 Å². The SMILES string of the molecule is O=c1nc(-c2ccc(F)cc2)c2c([nH]1)CCCC2. The lowest BCUT2D eigenvalue weighted by Crippen LogP contribution is -2.19. The maximum Gasteiger partial charge on any atom is 0.345 e. The first-order chi connectivity index (χ1) is 8.74. The van der Waals surface area contributed by atoms with Crippen LogP contribution in [0.15, 0.2) is 29.1 Å². The first kappa shape index (κ1) is 11.1. The van der Waals surface area contributed by atoms with Crippen LogP contribution < -0.4 is 5.69 Å². The average Bonchev–Trinajstić information content (AvgIpc) is 2.38. The molecule has 18 heavy (non-hydrogen) atoms. The topological polar surface area (TPSA) is 45.8 Å². The third-order valence-corrected chi connectivity index (χ3v) is 3.34. The summed E-state index contributed by atoms with van der Waals surface area (Å²) in [5.74, 6) is -0.280. The van der Waals surface area contributed by atoms with Gasteiger partial charge in [-0.2, -0.15) is 4.98 Å². The van der Waals surface area contributed by atoms with E-state index in [1.54, 1.807) is 12.1 Å². The fourth-order valence-corrected chi connectivity index (χ4v) is 2.48. The molecule has 0 unspecified atom stereocenters. The van der Waals surface area contributed by atoms with Crippen LogP contribution in [0.4, 0.5) is 4.39 Å². The Hall–Kier alpha value is -1.97. The van der Waals surface area contributed by atoms with Gasteiger partial charge in [0.25, 0.3) is 0 Å². The van der Waals surface area contributed by atoms with E-state index in [1.165, 1.54) is 12.1 Å². The Labute approximate surface area is 104 Å². The number of aromatic nitrogens is 2. The maximum atomic E-state index is 12.9. The van der Waals surface area contributed by atoms with Crippen LogP contribution in [0.2, 0.25) is 0 Å². The summed E-state index contributed by atoms with van der Waals surface area (Å²) in [4.78, 5) is 18.4. The molecule has 1 heterocycles. The van der Waals surface area contributed by atoms with Gasteiger partial charge < -0.3 is 4.98 Å². The van der Waals surface area contributed by atoms with Crippen molar-refractivity contribution in [2.45, 2.75) is 25.7 Å². The van der Waals surface area contributed by atoms with Crippen LogP contribution in [0.3, 0.4) is 0 Å². The number of H-pyrrole nitrogens is 1. The van der Waals surface area contributed by atoms with E-state index in [0.29, 0.717) is 5.69 Å². The number of aromatic amines is 1. The second-order valence-corrected chi connectivity index (χ2v) is 4.56. The van der Waals surface area contributed by atoms with Crippen molar-refractivity contribution in [3.05, 3.63) is 51.8 Å². The molecule has 0 radical (unpaired) electrons. The number of halogens is 1. The number of hydrogen-bond acceptors (Lipinski definition) is 2. The molecule has 4 heteroatoms. The molecule has 1 aromatic carbocycles. The van der Waals surface area contributed by atoms with Crippen molar-refractivity contribution in [2.24, 2.45) is 0 Å². The predicted octanol–water partition coefficient (Wildman–Crippen LogP) is 2.45. The standard InChI is InChI=1S/C14H13FN2O/c15-10-7-5-9(6-8-10)13-11-3-1-2-4-12(11)16-14(18)17-13/h5-8H,1-4H2,(H,16,17,18). The van der Waals surface area contributed by atoms with Crippen molar-refractivity contribution in [3.8, 4) is 11.3 Å². The molecule has 0 aliphatic heterocycles. The van der Waals surface area contributed by atoms with Crippen LogP contribution in [0.5, 0.6) is 0 Å². The van der Waals surface area contributed by atoms with Crippen LogP contribution >= 0.6 is 0 Å². The average molecular weight is 244 g/mol. The molecule has 0 amide bonds. The Morgan fingerprint density at radius 3 is 2.61 bits per heavy atom. The molecular formula is C14H13FN2O. The van der Waals surface area contributed by atoms with Gasteiger partial charge in [-0.15, -0.1) is 0 Å². The van der Waals surface area contributed by atoms with Gasteiger partial charge in [-0.25, -0.2) is 9.18 Å². The zero-order chi connectivity index (χ0) is 12.5. The van der Waals surface area contributed by atoms with Crippen molar-refractivity contribution < 1.29 is 4.39 Å². The molecule has 0 spiro atoms. The monoisotopic (exact) mass is 244 g/mol. The highest BCUT2D eigenvalue weighted by molar-refractivity contribution is 5.63. The van der Waals surface area contributed by atoms with Crippen molar-refractivity contribution in [2.75, 3.05) is 0 Å². The molecule has 0 fully saturated rings. The number of aryl methyl sites for hydroxylation is 1. The Morgan fingerprint density at radius 2 is 1.83 bits per heavy atom. The largest absolute Gasteiger partial charge is 0.345 e. The van der Waals surface area contributed by atoms with Gasteiger partial charge in [-0.3, -0.25) is 0 Å². The molecule has 92 valence electrons. The van der Waals surface area contributed by atoms with E-state index in [1.807, 2.05) is 0 Å². The Bertz CT molecular complexity index is 631. The van der Waals surface area contributed by atoms with Gasteiger partial charge in [0.15, 0.2) is 0 Å². The molecule has 0 saturated carbocycles. The van der Waals surface area contributed by atoms with Gasteiger partial charge in [0.05, 0.1) is 5.69 Å². The van der Waals surface area contributed by atoms with E-state index in [4.69, 9.17) is 0 Å². The van der Waals surface area contributed by atoms with Crippen molar-refractivity contribution in [1.82, 2.24) is 9.97 Å². The number of rotatable bonds is 1. The van der Waals surface area contributed by atoms with Crippen molar-refractivity contribution in [1.29, 1.82) is 0 Å². The molecule has 1 N–H and O–H groups in total. The molecule has 1 aliphatic carbocycles. The summed E-state index contributed by atoms with van der Waals surface area (Å²) in [6.45, 7) is 0. The predicted molar refractivity (Wildman–Crippen MR) is 66.9 cm³/mol. The van der Waals surface area contributed by atoms with E-state index in [-0.39, 0.29) is 11.5 Å². The molecule has 2 aromatic rings. The second-order valence-electron chi connectivity index (χ2n) is 4.56. The molecule has 3 nitrogen and oxygen atoms in total. The Balaban J connectivity index is 2.19. The number of fused-ring (bicyclic) bond motifs is 1. The first-order valence-corrected chi connectivity index (χ1v) is 6.12. The highest BCUT2D eigenvalue weighted by atomic mass is 19.1. The number of hydrogen-bond donors (Lipinski definition) is 1. The maximum absolute atomic E-state index is 12.9. The van der Waals surface area contributed by atoms with Crippen LogP contribution in [-0.4, -0.2) is 9.97 Å². The van der Waals surface area contributed by atoms with E-state index in [9.17, 15) is 9.18 Å². The van der Waals surface area contributed by atoms with Gasteiger partial charge in [0.1, 0.15) is 5.82 Å². The second kappa shape index (κ2) is 4.37. The van der Waals surface area contributed by atoms with Crippen LogP contribution in [0.25, 0.3) is 11.3 Å². The fourth-order valence-electron chi connectivity index (χ4n) is 2.48. The summed E-state index contributed by atoms with van der Waals surface area (Å²) in [6.07, 6.45) is 4.01. The molecule has 3 rings (SSSR count). The molecule has 1 aromatic heterocycles. The summed E-state index contributed by atoms with van der Waals surface area (Å²) in [5, 5.41) is 0. The normalized spacial score (nSPS) is 14.3. The summed E-state index contributed by atoms with van der Waals surface area (Å²) in [6, 6.07) is 6.14. The van der Waals surface area contributed by atoms with Gasteiger partial charge in [0, 0.05) is 11.3 Å². The molecule has 1 aliphatic rings. The van der Waals surface area contributed by atoms with E-state index < -0.39 is 0 Å². The lowest BCUT2D eigenvalue weighted by atomic mass is 9.92. The third kappa shape index (κ3) is 1.94. The minimum Gasteiger partial charge on any atom is -0.310 e. The lowest BCUT2D eigenvalue weighted by Gasteiger charge is -2.17. The van der Waals surface area contributed by atoms with E-state index in [0.717, 1.165) is 42.5 Å². The lowest BCUT2D eigenvalue weighted by molar-refractivity contribution is 0.628. The van der Waals surface area contributed by atoms with Crippen molar-refractivity contribution >= 4 is 0 Å². The third-order valence-electron chi connectivity index (χ3n) is 3.34. The van der Waals surface area contributed by atoms with E-state index >= 15 is 0 Å². The van der Waals surface area contributed by atoms with E-state index in [2.05, 4.69) is 9.97 Å². The number of nitrogens with one attached hydrogen (secondary N) is 1. The highest BCUT2D eigenvalue weighted by Crippen LogP contribution is 2.27. The quantitative estimate of drug-likeness (QED) is 0.837. The summed E-state index contributed by atoms with van der Waals surface area (Å²) in [7, 11) is 0. The molecular weight excluding hydrogens is 231 g/mol. The van der Waals surface area contributed by atoms with Crippen LogP contribution in [-0.2, 0) is 12.8 Å². The summed E-state index contributed by atoms with van der Waals surface area (Å²) >= 11 is 0. The minimum absolute atomic E-state index is 0.280. The fraction of sp³-hybridized carbons (Fsp3) is 0.286. The van der Waals surface area contributed by atoms with Crippen LogP contribution in [0, 0.1) is 5.82 Å². The molecule has 0 bridgehead atoms. The van der Waals surface area contributed by atoms with Gasteiger partial charge in [-0.05, 0) is 55.5 Å². The van der Waals surface area contributed by atoms with Gasteiger partial charge in [-0.1, -0.05) is 0 Å². The zero-order valence-electron chi connectivity index (χ0n) is 9.87. The number of benzene rings is 1. The molecule has 0 atom stereocenters. The number of nitrogens with zero attached hydrogens (tertiary/aromatic N) is 1. The first-order valence-electron chi connectivity index (χ1n) is 6.12. The smallest absolute Gasteiger partial charge is 0.310 e.